The summed E-state index contributed by atoms with van der Waals surface area (Å²) in [5.74, 6) is 0.502. The van der Waals surface area contributed by atoms with E-state index in [9.17, 15) is 0 Å². The maximum Gasteiger partial charge on any atom is 0.0737 e. The molecule has 0 saturated heterocycles. The summed E-state index contributed by atoms with van der Waals surface area (Å²) in [7, 11) is 0. The van der Waals surface area contributed by atoms with E-state index in [1.54, 1.807) is 6.20 Å². The second-order valence-electron chi connectivity index (χ2n) is 4.48. The van der Waals surface area contributed by atoms with Crippen molar-refractivity contribution in [2.75, 3.05) is 5.32 Å². The second kappa shape index (κ2) is 5.70. The minimum absolute atomic E-state index is 0.502. The highest BCUT2D eigenvalue weighted by Gasteiger charge is 2.03. The van der Waals surface area contributed by atoms with Crippen molar-refractivity contribution in [1.29, 1.82) is 0 Å². The summed E-state index contributed by atoms with van der Waals surface area (Å²) in [6, 6.07) is 15.7. The van der Waals surface area contributed by atoms with E-state index in [0.29, 0.717) is 10.9 Å². The van der Waals surface area contributed by atoms with Gasteiger partial charge in [-0.15, -0.1) is 11.6 Å². The predicted molar refractivity (Wildman–Crippen MR) is 86.0 cm³/mol. The standard InChI is InChI=1S/C16H12Cl2N2/c17-10-11-2-1-3-13(8-11)20-15-6-7-19-16-9-12(18)4-5-14(15)16/h1-9H,10H2,(H,19,20). The molecule has 3 rings (SSSR count). The Morgan fingerprint density at radius 3 is 2.80 bits per heavy atom. The molecule has 100 valence electrons. The summed E-state index contributed by atoms with van der Waals surface area (Å²) in [4.78, 5) is 4.33. The number of anilines is 2. The Hall–Kier alpha value is -1.77. The van der Waals surface area contributed by atoms with Crippen molar-refractivity contribution < 1.29 is 0 Å². The van der Waals surface area contributed by atoms with Crippen LogP contribution in [0.1, 0.15) is 5.56 Å². The molecule has 0 aliphatic rings. The molecule has 2 aromatic carbocycles. The van der Waals surface area contributed by atoms with Gasteiger partial charge < -0.3 is 5.32 Å². The van der Waals surface area contributed by atoms with Gasteiger partial charge in [0.15, 0.2) is 0 Å². The first-order valence-electron chi connectivity index (χ1n) is 6.22. The summed E-state index contributed by atoms with van der Waals surface area (Å²) in [6.07, 6.45) is 1.77. The van der Waals surface area contributed by atoms with Crippen LogP contribution in [-0.2, 0) is 5.88 Å². The Labute approximate surface area is 127 Å². The fraction of sp³-hybridized carbons (Fsp3) is 0.0625. The maximum absolute atomic E-state index is 6.00. The molecule has 0 amide bonds. The van der Waals surface area contributed by atoms with Crippen LogP contribution in [0, 0.1) is 0 Å². The van der Waals surface area contributed by atoms with Gasteiger partial charge in [0.05, 0.1) is 5.52 Å². The Balaban J connectivity index is 2.02. The molecule has 0 unspecified atom stereocenters. The minimum atomic E-state index is 0.502. The van der Waals surface area contributed by atoms with Crippen molar-refractivity contribution in [2.24, 2.45) is 0 Å². The van der Waals surface area contributed by atoms with Gasteiger partial charge in [-0.3, -0.25) is 4.98 Å². The number of aromatic nitrogens is 1. The third-order valence-electron chi connectivity index (χ3n) is 3.07. The van der Waals surface area contributed by atoms with Gasteiger partial charge in [-0.05, 0) is 42.0 Å². The van der Waals surface area contributed by atoms with Gasteiger partial charge in [0.2, 0.25) is 0 Å². The van der Waals surface area contributed by atoms with Crippen LogP contribution in [0.4, 0.5) is 11.4 Å². The molecule has 20 heavy (non-hydrogen) atoms. The van der Waals surface area contributed by atoms with E-state index in [2.05, 4.69) is 10.3 Å². The Kier molecular flexibility index (Phi) is 3.77. The SMILES string of the molecule is ClCc1cccc(Nc2ccnc3cc(Cl)ccc23)c1. The molecule has 4 heteroatoms. The molecule has 0 atom stereocenters. The molecule has 0 spiro atoms. The van der Waals surface area contributed by atoms with E-state index in [-0.39, 0.29) is 0 Å². The zero-order valence-corrected chi connectivity index (χ0v) is 12.1. The lowest BCUT2D eigenvalue weighted by Gasteiger charge is -2.10. The first-order valence-corrected chi connectivity index (χ1v) is 7.14. The zero-order chi connectivity index (χ0) is 13.9. The van der Waals surface area contributed by atoms with Gasteiger partial charge in [0.25, 0.3) is 0 Å². The second-order valence-corrected chi connectivity index (χ2v) is 5.18. The number of nitrogens with one attached hydrogen (secondary N) is 1. The lowest BCUT2D eigenvalue weighted by atomic mass is 10.1. The third kappa shape index (κ3) is 2.72. The van der Waals surface area contributed by atoms with Crippen LogP contribution in [0.25, 0.3) is 10.9 Å². The topological polar surface area (TPSA) is 24.9 Å². The monoisotopic (exact) mass is 302 g/mol. The van der Waals surface area contributed by atoms with Gasteiger partial charge in [0.1, 0.15) is 0 Å². The number of benzene rings is 2. The summed E-state index contributed by atoms with van der Waals surface area (Å²) in [5, 5.41) is 5.12. The van der Waals surface area contributed by atoms with E-state index in [4.69, 9.17) is 23.2 Å². The summed E-state index contributed by atoms with van der Waals surface area (Å²) < 4.78 is 0. The van der Waals surface area contributed by atoms with E-state index >= 15 is 0 Å². The van der Waals surface area contributed by atoms with Crippen LogP contribution in [0.15, 0.2) is 54.7 Å². The molecule has 0 fully saturated rings. The molecule has 1 heterocycles. The number of nitrogens with zero attached hydrogens (tertiary/aromatic N) is 1. The molecule has 0 aliphatic heterocycles. The Morgan fingerprint density at radius 1 is 1.05 bits per heavy atom. The third-order valence-corrected chi connectivity index (χ3v) is 3.61. The Bertz CT molecular complexity index is 756. The van der Waals surface area contributed by atoms with Gasteiger partial charge in [-0.25, -0.2) is 0 Å². The van der Waals surface area contributed by atoms with Crippen LogP contribution in [0.2, 0.25) is 5.02 Å². The van der Waals surface area contributed by atoms with E-state index in [1.165, 1.54) is 0 Å². The van der Waals surface area contributed by atoms with Crippen molar-refractivity contribution in [3.8, 4) is 0 Å². The highest BCUT2D eigenvalue weighted by Crippen LogP contribution is 2.27. The molecule has 1 N–H and O–H groups in total. The van der Waals surface area contributed by atoms with Crippen LogP contribution < -0.4 is 5.32 Å². The van der Waals surface area contributed by atoms with Gasteiger partial charge in [-0.2, -0.15) is 0 Å². The molecule has 3 aromatic rings. The summed E-state index contributed by atoms with van der Waals surface area (Å²) in [5.41, 5.74) is 3.96. The smallest absolute Gasteiger partial charge is 0.0737 e. The molecular formula is C16H12Cl2N2. The van der Waals surface area contributed by atoms with E-state index < -0.39 is 0 Å². The normalized spacial score (nSPS) is 10.7. The van der Waals surface area contributed by atoms with Crippen molar-refractivity contribution in [1.82, 2.24) is 4.98 Å². The highest BCUT2D eigenvalue weighted by molar-refractivity contribution is 6.31. The molecular weight excluding hydrogens is 291 g/mol. The quantitative estimate of drug-likeness (QED) is 0.658. The van der Waals surface area contributed by atoms with Crippen LogP contribution in [0.3, 0.4) is 0 Å². The van der Waals surface area contributed by atoms with Crippen molar-refractivity contribution in [2.45, 2.75) is 5.88 Å². The molecule has 0 bridgehead atoms. The minimum Gasteiger partial charge on any atom is -0.355 e. The fourth-order valence-corrected chi connectivity index (χ4v) is 2.45. The molecule has 0 radical (unpaired) electrons. The zero-order valence-electron chi connectivity index (χ0n) is 10.6. The number of hydrogen-bond acceptors (Lipinski definition) is 2. The van der Waals surface area contributed by atoms with Crippen LogP contribution in [-0.4, -0.2) is 4.98 Å². The average Bonchev–Trinajstić information content (AvgIpc) is 2.47. The number of fused-ring (bicyclic) bond motifs is 1. The van der Waals surface area contributed by atoms with E-state index in [1.807, 2.05) is 48.5 Å². The van der Waals surface area contributed by atoms with Crippen molar-refractivity contribution in [3.05, 3.63) is 65.3 Å². The van der Waals surface area contributed by atoms with E-state index in [0.717, 1.165) is 27.8 Å². The van der Waals surface area contributed by atoms with Crippen molar-refractivity contribution in [3.63, 3.8) is 0 Å². The average molecular weight is 303 g/mol. The number of pyridine rings is 1. The number of hydrogen-bond donors (Lipinski definition) is 1. The lowest BCUT2D eigenvalue weighted by Crippen LogP contribution is -1.93. The van der Waals surface area contributed by atoms with Crippen LogP contribution in [0.5, 0.6) is 0 Å². The summed E-state index contributed by atoms with van der Waals surface area (Å²) >= 11 is 11.9. The largest absolute Gasteiger partial charge is 0.355 e. The number of halogens is 2. The lowest BCUT2D eigenvalue weighted by molar-refractivity contribution is 1.38. The Morgan fingerprint density at radius 2 is 1.95 bits per heavy atom. The molecule has 2 nitrogen and oxygen atoms in total. The molecule has 0 aliphatic carbocycles. The maximum atomic E-state index is 6.00. The summed E-state index contributed by atoms with van der Waals surface area (Å²) in [6.45, 7) is 0. The highest BCUT2D eigenvalue weighted by atomic mass is 35.5. The predicted octanol–water partition coefficient (Wildman–Crippen LogP) is 5.37. The van der Waals surface area contributed by atoms with Gasteiger partial charge in [-0.1, -0.05) is 23.7 Å². The van der Waals surface area contributed by atoms with Gasteiger partial charge in [0, 0.05) is 33.9 Å². The molecule has 0 saturated carbocycles. The number of rotatable bonds is 3. The fourth-order valence-electron chi connectivity index (χ4n) is 2.12. The first kappa shape index (κ1) is 13.2. The first-order chi connectivity index (χ1) is 9.76. The van der Waals surface area contributed by atoms with Gasteiger partial charge >= 0.3 is 0 Å². The number of alkyl halides is 1. The van der Waals surface area contributed by atoms with Crippen molar-refractivity contribution >= 4 is 45.5 Å². The van der Waals surface area contributed by atoms with Crippen LogP contribution >= 0.6 is 23.2 Å². The molecule has 1 aromatic heterocycles.